The lowest BCUT2D eigenvalue weighted by Crippen LogP contribution is -2.25. The van der Waals surface area contributed by atoms with E-state index in [4.69, 9.17) is 27.9 Å². The monoisotopic (exact) mass is 439 g/mol. The van der Waals surface area contributed by atoms with Gasteiger partial charge in [-0.25, -0.2) is 0 Å². The number of rotatable bonds is 7. The highest BCUT2D eigenvalue weighted by Gasteiger charge is 2.20. The van der Waals surface area contributed by atoms with E-state index in [1.54, 1.807) is 6.07 Å². The first-order valence-electron chi connectivity index (χ1n) is 9.29. The van der Waals surface area contributed by atoms with Gasteiger partial charge in [-0.1, -0.05) is 47.5 Å². The molecule has 1 unspecified atom stereocenters. The van der Waals surface area contributed by atoms with Gasteiger partial charge in [-0.05, 0) is 48.6 Å². The smallest absolute Gasteiger partial charge is 0.224 e. The first kappa shape index (κ1) is 21.3. The van der Waals surface area contributed by atoms with Crippen molar-refractivity contribution in [2.75, 3.05) is 18.5 Å². The Hall–Kier alpha value is -1.40. The molecule has 2 aromatic rings. The molecule has 1 amide bonds. The van der Waals surface area contributed by atoms with Crippen LogP contribution in [0.3, 0.4) is 0 Å². The van der Waals surface area contributed by atoms with Crippen LogP contribution in [-0.2, 0) is 32.5 Å². The molecule has 0 bridgehead atoms. The van der Waals surface area contributed by atoms with Crippen LogP contribution < -0.4 is 5.32 Å². The molecule has 1 aliphatic heterocycles. The summed E-state index contributed by atoms with van der Waals surface area (Å²) in [7, 11) is -0.932. The number of amides is 1. The number of anilines is 1. The van der Waals surface area contributed by atoms with E-state index in [1.807, 2.05) is 36.4 Å². The van der Waals surface area contributed by atoms with Gasteiger partial charge in [-0.15, -0.1) is 0 Å². The molecular weight excluding hydrogens is 417 g/mol. The highest BCUT2D eigenvalue weighted by Crippen LogP contribution is 2.26. The lowest BCUT2D eigenvalue weighted by atomic mass is 10.1. The summed E-state index contributed by atoms with van der Waals surface area (Å²) in [5.41, 5.74) is 2.52. The van der Waals surface area contributed by atoms with Gasteiger partial charge in [-0.2, -0.15) is 0 Å². The molecule has 28 heavy (non-hydrogen) atoms. The Bertz CT molecular complexity index is 853. The summed E-state index contributed by atoms with van der Waals surface area (Å²) >= 11 is 12.2. The van der Waals surface area contributed by atoms with E-state index in [9.17, 15) is 9.00 Å². The number of halogens is 2. The summed E-state index contributed by atoms with van der Waals surface area (Å²) < 4.78 is 17.9. The van der Waals surface area contributed by atoms with E-state index in [2.05, 4.69) is 5.32 Å². The molecule has 0 aromatic heterocycles. The molecule has 0 saturated carbocycles. The molecule has 1 N–H and O–H groups in total. The van der Waals surface area contributed by atoms with Crippen molar-refractivity contribution < 1.29 is 13.7 Å². The maximum absolute atomic E-state index is 12.6. The fraction of sp³-hybridized carbons (Fsp3) is 0.381. The molecule has 3 rings (SSSR count). The first-order valence-corrected chi connectivity index (χ1v) is 11.4. The number of nitrogens with one attached hydrogen (secondary N) is 1. The van der Waals surface area contributed by atoms with Gasteiger partial charge in [0, 0.05) is 47.1 Å². The Morgan fingerprint density at radius 3 is 2.68 bits per heavy atom. The minimum absolute atomic E-state index is 0.0984. The minimum Gasteiger partial charge on any atom is -0.381 e. The van der Waals surface area contributed by atoms with Crippen molar-refractivity contribution in [1.29, 1.82) is 0 Å². The number of carbonyl (C=O) groups is 1. The summed E-state index contributed by atoms with van der Waals surface area (Å²) in [5.74, 6) is 0.394. The highest BCUT2D eigenvalue weighted by molar-refractivity contribution is 7.84. The zero-order valence-corrected chi connectivity index (χ0v) is 17.8. The van der Waals surface area contributed by atoms with E-state index in [1.165, 1.54) is 0 Å². The zero-order chi connectivity index (χ0) is 19.9. The van der Waals surface area contributed by atoms with E-state index in [0.717, 1.165) is 24.0 Å². The van der Waals surface area contributed by atoms with Crippen LogP contribution in [0.2, 0.25) is 10.0 Å². The van der Waals surface area contributed by atoms with E-state index in [-0.39, 0.29) is 11.2 Å². The van der Waals surface area contributed by atoms with Gasteiger partial charge in [-0.3, -0.25) is 9.00 Å². The van der Waals surface area contributed by atoms with Crippen molar-refractivity contribution in [3.8, 4) is 0 Å². The van der Waals surface area contributed by atoms with Crippen molar-refractivity contribution in [2.24, 2.45) is 0 Å². The summed E-state index contributed by atoms with van der Waals surface area (Å²) in [6, 6.07) is 13.0. The quantitative estimate of drug-likeness (QED) is 0.660. The molecule has 0 aliphatic carbocycles. The van der Waals surface area contributed by atoms with E-state index >= 15 is 0 Å². The average Bonchev–Trinajstić information content (AvgIpc) is 2.70. The molecule has 0 spiro atoms. The predicted molar refractivity (Wildman–Crippen MR) is 116 cm³/mol. The van der Waals surface area contributed by atoms with Crippen LogP contribution in [0.25, 0.3) is 0 Å². The molecule has 4 nitrogen and oxygen atoms in total. The summed E-state index contributed by atoms with van der Waals surface area (Å²) in [5, 5.41) is 4.08. The van der Waals surface area contributed by atoms with Gasteiger partial charge in [0.05, 0.1) is 10.0 Å². The normalized spacial score (nSPS) is 15.9. The Labute approximate surface area is 178 Å². The standard InChI is InChI=1S/C21H23Cl2NO3S/c22-19-6-2-4-16(21(19)23)7-8-20(25)24-17-5-1-3-15(13-17)14-28(26)18-9-11-27-12-10-18/h1-6,13,18H,7-12,14H2,(H,24,25). The molecular formula is C21H23Cl2NO3S. The van der Waals surface area contributed by atoms with Crippen molar-refractivity contribution in [3.05, 3.63) is 63.6 Å². The number of ether oxygens (including phenoxy) is 1. The minimum atomic E-state index is -0.932. The first-order chi connectivity index (χ1) is 13.5. The molecule has 1 atom stereocenters. The van der Waals surface area contributed by atoms with Gasteiger partial charge in [0.2, 0.25) is 5.91 Å². The summed E-state index contributed by atoms with van der Waals surface area (Å²) in [6.07, 6.45) is 2.50. The number of benzene rings is 2. The second kappa shape index (κ2) is 10.4. The SMILES string of the molecule is O=C(CCc1cccc(Cl)c1Cl)Nc1cccc(CS(=O)C2CCOCC2)c1. The zero-order valence-electron chi connectivity index (χ0n) is 15.5. The molecule has 0 radical (unpaired) electrons. The predicted octanol–water partition coefficient (Wildman–Crippen LogP) is 4.99. The molecule has 7 heteroatoms. The van der Waals surface area contributed by atoms with Gasteiger partial charge >= 0.3 is 0 Å². The average molecular weight is 440 g/mol. The summed E-state index contributed by atoms with van der Waals surface area (Å²) in [4.78, 5) is 12.3. The van der Waals surface area contributed by atoms with Crippen LogP contribution in [0.4, 0.5) is 5.69 Å². The lowest BCUT2D eigenvalue weighted by molar-refractivity contribution is -0.116. The third-order valence-corrected chi connectivity index (χ3v) is 7.40. The molecule has 1 saturated heterocycles. The fourth-order valence-electron chi connectivity index (χ4n) is 3.17. The van der Waals surface area contributed by atoms with Gasteiger partial charge in [0.25, 0.3) is 0 Å². The third-order valence-electron chi connectivity index (χ3n) is 4.71. The molecule has 1 fully saturated rings. The maximum atomic E-state index is 12.6. The highest BCUT2D eigenvalue weighted by atomic mass is 35.5. The van der Waals surface area contributed by atoms with Crippen LogP contribution in [0, 0.1) is 0 Å². The maximum Gasteiger partial charge on any atom is 0.224 e. The van der Waals surface area contributed by atoms with Crippen molar-refractivity contribution in [2.45, 2.75) is 36.7 Å². The van der Waals surface area contributed by atoms with E-state index in [0.29, 0.717) is 47.5 Å². The lowest BCUT2D eigenvalue weighted by Gasteiger charge is -2.21. The number of hydrogen-bond donors (Lipinski definition) is 1. The second-order valence-corrected chi connectivity index (χ2v) is 9.30. The number of carbonyl (C=O) groups excluding carboxylic acids is 1. The Kier molecular flexibility index (Phi) is 7.91. The molecule has 150 valence electrons. The van der Waals surface area contributed by atoms with Gasteiger partial charge in [0.15, 0.2) is 0 Å². The van der Waals surface area contributed by atoms with Crippen molar-refractivity contribution in [3.63, 3.8) is 0 Å². The van der Waals surface area contributed by atoms with E-state index < -0.39 is 10.8 Å². The van der Waals surface area contributed by atoms with Crippen LogP contribution in [0.1, 0.15) is 30.4 Å². The summed E-state index contributed by atoms with van der Waals surface area (Å²) in [6.45, 7) is 1.37. The van der Waals surface area contributed by atoms with Gasteiger partial charge < -0.3 is 10.1 Å². The molecule has 1 aliphatic rings. The number of hydrogen-bond acceptors (Lipinski definition) is 3. The Morgan fingerprint density at radius 1 is 1.14 bits per heavy atom. The third kappa shape index (κ3) is 6.05. The molecule has 1 heterocycles. The van der Waals surface area contributed by atoms with Crippen LogP contribution >= 0.6 is 23.2 Å². The Morgan fingerprint density at radius 2 is 1.89 bits per heavy atom. The van der Waals surface area contributed by atoms with Crippen LogP contribution in [-0.4, -0.2) is 28.6 Å². The van der Waals surface area contributed by atoms with Crippen LogP contribution in [0.5, 0.6) is 0 Å². The van der Waals surface area contributed by atoms with Crippen molar-refractivity contribution in [1.82, 2.24) is 0 Å². The number of aryl methyl sites for hydroxylation is 1. The van der Waals surface area contributed by atoms with Gasteiger partial charge in [0.1, 0.15) is 0 Å². The topological polar surface area (TPSA) is 55.4 Å². The van der Waals surface area contributed by atoms with Crippen molar-refractivity contribution >= 4 is 45.6 Å². The van der Waals surface area contributed by atoms with Crippen LogP contribution in [0.15, 0.2) is 42.5 Å². The largest absolute Gasteiger partial charge is 0.381 e. The fourth-order valence-corrected chi connectivity index (χ4v) is 5.05. The molecule has 2 aromatic carbocycles. The Balaban J connectivity index is 1.54. The second-order valence-electron chi connectivity index (χ2n) is 6.80.